The molecule has 2 aliphatic heterocycles. The molecule has 6 nitrogen and oxygen atoms in total. The molecule has 0 unspecified atom stereocenters. The van der Waals surface area contributed by atoms with E-state index in [1.54, 1.807) is 12.3 Å². The minimum Gasteiger partial charge on any atom is -0.372 e. The fourth-order valence-corrected chi connectivity index (χ4v) is 4.06. The molecule has 0 saturated carbocycles. The highest BCUT2D eigenvalue weighted by Gasteiger charge is 2.40. The second kappa shape index (κ2) is 7.83. The molecule has 7 heteroatoms. The Kier molecular flexibility index (Phi) is 5.26. The zero-order valence-electron chi connectivity index (χ0n) is 16.1. The summed E-state index contributed by atoms with van der Waals surface area (Å²) in [5.41, 5.74) is 0.456. The van der Waals surface area contributed by atoms with Crippen molar-refractivity contribution in [1.29, 1.82) is 0 Å². The van der Waals surface area contributed by atoms with E-state index in [-0.39, 0.29) is 17.3 Å². The van der Waals surface area contributed by atoms with Crippen LogP contribution in [0.4, 0.5) is 10.2 Å². The SMILES string of the molecule is Cc1nccc(N2CCC3(CC2)CN(Cc2cccc(F)c2)C(=O)CCO3)n1. The molecular formula is C21H25FN4O2. The first-order valence-electron chi connectivity index (χ1n) is 9.74. The molecule has 28 heavy (non-hydrogen) atoms. The second-order valence-corrected chi connectivity index (χ2v) is 7.61. The molecule has 1 aromatic carbocycles. The van der Waals surface area contributed by atoms with Crippen molar-refractivity contribution in [3.8, 4) is 0 Å². The highest BCUT2D eigenvalue weighted by atomic mass is 19.1. The molecule has 148 valence electrons. The van der Waals surface area contributed by atoms with E-state index in [0.717, 1.165) is 43.1 Å². The van der Waals surface area contributed by atoms with Gasteiger partial charge in [0.05, 0.1) is 25.2 Å². The van der Waals surface area contributed by atoms with Crippen LogP contribution in [-0.4, -0.2) is 52.6 Å². The third-order valence-corrected chi connectivity index (χ3v) is 5.58. The van der Waals surface area contributed by atoms with Gasteiger partial charge in [-0.05, 0) is 43.5 Å². The lowest BCUT2D eigenvalue weighted by Crippen LogP contribution is -2.52. The number of anilines is 1. The lowest BCUT2D eigenvalue weighted by molar-refractivity contribution is -0.132. The number of carbonyl (C=O) groups is 1. The Hall–Kier alpha value is -2.54. The maximum atomic E-state index is 13.5. The van der Waals surface area contributed by atoms with Crippen LogP contribution >= 0.6 is 0 Å². The summed E-state index contributed by atoms with van der Waals surface area (Å²) < 4.78 is 19.7. The van der Waals surface area contributed by atoms with Crippen molar-refractivity contribution in [3.63, 3.8) is 0 Å². The molecule has 1 amide bonds. The summed E-state index contributed by atoms with van der Waals surface area (Å²) in [5.74, 6) is 1.48. The van der Waals surface area contributed by atoms with E-state index in [4.69, 9.17) is 4.74 Å². The number of carbonyl (C=O) groups excluding carboxylic acids is 1. The molecule has 0 aliphatic carbocycles. The number of nitrogens with zero attached hydrogens (tertiary/aromatic N) is 4. The van der Waals surface area contributed by atoms with Crippen molar-refractivity contribution in [2.75, 3.05) is 31.1 Å². The maximum Gasteiger partial charge on any atom is 0.225 e. The van der Waals surface area contributed by atoms with E-state index >= 15 is 0 Å². The smallest absolute Gasteiger partial charge is 0.225 e. The first-order chi connectivity index (χ1) is 13.5. The molecule has 4 rings (SSSR count). The van der Waals surface area contributed by atoms with Crippen LogP contribution in [0, 0.1) is 12.7 Å². The predicted octanol–water partition coefficient (Wildman–Crippen LogP) is 2.71. The van der Waals surface area contributed by atoms with Gasteiger partial charge in [-0.25, -0.2) is 14.4 Å². The van der Waals surface area contributed by atoms with E-state index in [0.29, 0.717) is 26.1 Å². The molecule has 0 radical (unpaired) electrons. The molecule has 0 N–H and O–H groups in total. The third kappa shape index (κ3) is 4.14. The van der Waals surface area contributed by atoms with E-state index in [2.05, 4.69) is 14.9 Å². The molecule has 3 heterocycles. The Morgan fingerprint density at radius 1 is 1.25 bits per heavy atom. The van der Waals surface area contributed by atoms with Crippen molar-refractivity contribution < 1.29 is 13.9 Å². The Balaban J connectivity index is 1.46. The van der Waals surface area contributed by atoms with Gasteiger partial charge in [-0.3, -0.25) is 4.79 Å². The van der Waals surface area contributed by atoms with Crippen LogP contribution in [0.2, 0.25) is 0 Å². The number of ether oxygens (including phenoxy) is 1. The number of hydrogen-bond acceptors (Lipinski definition) is 5. The summed E-state index contributed by atoms with van der Waals surface area (Å²) in [6.07, 6.45) is 3.79. The van der Waals surface area contributed by atoms with E-state index in [9.17, 15) is 9.18 Å². The Morgan fingerprint density at radius 2 is 2.07 bits per heavy atom. The summed E-state index contributed by atoms with van der Waals surface area (Å²) >= 11 is 0. The zero-order valence-corrected chi connectivity index (χ0v) is 16.1. The standard InChI is InChI=1S/C21H25FN4O2/c1-16-23-9-5-19(24-16)25-10-7-21(8-11-25)15-26(20(27)6-12-28-21)14-17-3-2-4-18(22)13-17/h2-5,9,13H,6-8,10-12,14-15H2,1H3. The average molecular weight is 384 g/mol. The van der Waals surface area contributed by atoms with Crippen molar-refractivity contribution in [2.45, 2.75) is 38.3 Å². The van der Waals surface area contributed by atoms with Crippen molar-refractivity contribution >= 4 is 11.7 Å². The van der Waals surface area contributed by atoms with E-state index in [1.165, 1.54) is 12.1 Å². The second-order valence-electron chi connectivity index (χ2n) is 7.61. The first kappa shape index (κ1) is 18.8. The van der Waals surface area contributed by atoms with Gasteiger partial charge in [-0.15, -0.1) is 0 Å². The summed E-state index contributed by atoms with van der Waals surface area (Å²) in [6.45, 7) is 4.91. The van der Waals surface area contributed by atoms with Gasteiger partial charge >= 0.3 is 0 Å². The molecular weight excluding hydrogens is 359 g/mol. The normalized spacial score (nSPS) is 19.7. The predicted molar refractivity (Wildman–Crippen MR) is 103 cm³/mol. The van der Waals surface area contributed by atoms with Crippen molar-refractivity contribution in [1.82, 2.24) is 14.9 Å². The number of rotatable bonds is 3. The van der Waals surface area contributed by atoms with Gasteiger partial charge in [0.25, 0.3) is 0 Å². The highest BCUT2D eigenvalue weighted by Crippen LogP contribution is 2.32. The summed E-state index contributed by atoms with van der Waals surface area (Å²) in [6, 6.07) is 8.38. The number of benzene rings is 1. The molecule has 1 aromatic heterocycles. The van der Waals surface area contributed by atoms with Gasteiger partial charge < -0.3 is 14.5 Å². The van der Waals surface area contributed by atoms with Crippen LogP contribution in [-0.2, 0) is 16.1 Å². The molecule has 2 aliphatic rings. The number of aromatic nitrogens is 2. The first-order valence-corrected chi connectivity index (χ1v) is 9.74. The van der Waals surface area contributed by atoms with Crippen LogP contribution in [0.15, 0.2) is 36.5 Å². The largest absolute Gasteiger partial charge is 0.372 e. The highest BCUT2D eigenvalue weighted by molar-refractivity contribution is 5.76. The Bertz CT molecular complexity index is 852. The lowest BCUT2D eigenvalue weighted by atomic mass is 9.90. The number of hydrogen-bond donors (Lipinski definition) is 0. The van der Waals surface area contributed by atoms with Gasteiger partial charge in [-0.2, -0.15) is 0 Å². The molecule has 2 aromatic rings. The number of amides is 1. The van der Waals surface area contributed by atoms with Crippen molar-refractivity contribution in [3.05, 3.63) is 53.7 Å². The summed E-state index contributed by atoms with van der Waals surface area (Å²) in [7, 11) is 0. The van der Waals surface area contributed by atoms with Gasteiger partial charge in [0, 0.05) is 25.8 Å². The molecule has 0 atom stereocenters. The van der Waals surface area contributed by atoms with Crippen LogP contribution < -0.4 is 4.90 Å². The summed E-state index contributed by atoms with van der Waals surface area (Å²) in [5, 5.41) is 0. The van der Waals surface area contributed by atoms with Crippen molar-refractivity contribution in [2.24, 2.45) is 0 Å². The average Bonchev–Trinajstić information content (AvgIpc) is 2.82. The lowest BCUT2D eigenvalue weighted by Gasteiger charge is -2.43. The van der Waals surface area contributed by atoms with Gasteiger partial charge in [0.15, 0.2) is 0 Å². The molecule has 2 saturated heterocycles. The van der Waals surface area contributed by atoms with E-state index in [1.807, 2.05) is 24.0 Å². The number of aryl methyl sites for hydroxylation is 1. The molecule has 2 fully saturated rings. The van der Waals surface area contributed by atoms with Crippen LogP contribution in [0.3, 0.4) is 0 Å². The Labute approximate surface area is 164 Å². The topological polar surface area (TPSA) is 58.6 Å². The fourth-order valence-electron chi connectivity index (χ4n) is 4.06. The summed E-state index contributed by atoms with van der Waals surface area (Å²) in [4.78, 5) is 25.3. The van der Waals surface area contributed by atoms with Gasteiger partial charge in [0.2, 0.25) is 5.91 Å². The third-order valence-electron chi connectivity index (χ3n) is 5.58. The Morgan fingerprint density at radius 3 is 2.82 bits per heavy atom. The zero-order chi connectivity index (χ0) is 19.6. The van der Waals surface area contributed by atoms with Crippen LogP contribution in [0.25, 0.3) is 0 Å². The number of halogens is 1. The quantitative estimate of drug-likeness (QED) is 0.814. The fraction of sp³-hybridized carbons (Fsp3) is 0.476. The minimum absolute atomic E-state index is 0.0648. The van der Waals surface area contributed by atoms with Gasteiger partial charge in [0.1, 0.15) is 17.5 Å². The van der Waals surface area contributed by atoms with Crippen LogP contribution in [0.5, 0.6) is 0 Å². The minimum atomic E-state index is -0.349. The van der Waals surface area contributed by atoms with Crippen LogP contribution in [0.1, 0.15) is 30.7 Å². The monoisotopic (exact) mass is 384 g/mol. The molecule has 0 bridgehead atoms. The maximum absolute atomic E-state index is 13.5. The molecule has 1 spiro atoms. The number of piperidine rings is 1. The van der Waals surface area contributed by atoms with Gasteiger partial charge in [-0.1, -0.05) is 12.1 Å². The van der Waals surface area contributed by atoms with E-state index < -0.39 is 0 Å².